The van der Waals surface area contributed by atoms with Crippen molar-refractivity contribution in [2.75, 3.05) is 4.90 Å². The summed E-state index contributed by atoms with van der Waals surface area (Å²) in [5.74, 6) is -0.275. The van der Waals surface area contributed by atoms with Crippen molar-refractivity contribution in [2.24, 2.45) is 0 Å². The monoisotopic (exact) mass is 595 g/mol. The Morgan fingerprint density at radius 2 is 1.57 bits per heavy atom. The van der Waals surface area contributed by atoms with Crippen molar-refractivity contribution in [1.82, 2.24) is 14.9 Å². The fourth-order valence-electron chi connectivity index (χ4n) is 5.47. The summed E-state index contributed by atoms with van der Waals surface area (Å²) in [6.07, 6.45) is 1.78. The number of nitrogens with zero attached hydrogens (tertiary/aromatic N) is 4. The number of anilines is 1. The molecule has 210 valence electrons. The highest BCUT2D eigenvalue weighted by molar-refractivity contribution is 7.99. The van der Waals surface area contributed by atoms with Crippen LogP contribution in [0.1, 0.15) is 34.7 Å². The summed E-state index contributed by atoms with van der Waals surface area (Å²) in [5, 5.41) is 15.1. The van der Waals surface area contributed by atoms with Crippen molar-refractivity contribution >= 4 is 40.5 Å². The first-order valence-corrected chi connectivity index (χ1v) is 14.5. The summed E-state index contributed by atoms with van der Waals surface area (Å²) in [4.78, 5) is 19.3. The lowest BCUT2D eigenvalue weighted by molar-refractivity contribution is -0.384. The molecule has 1 N–H and O–H groups in total. The Bertz CT molecular complexity index is 1760. The first-order chi connectivity index (χ1) is 20.3. The minimum atomic E-state index is -0.401. The highest BCUT2D eigenvalue weighted by atomic mass is 32.2. The molecule has 10 heteroatoms. The molecule has 3 aromatic carbocycles. The van der Waals surface area contributed by atoms with E-state index in [4.69, 9.17) is 12.2 Å². The van der Waals surface area contributed by atoms with Gasteiger partial charge in [0.2, 0.25) is 0 Å². The molecule has 0 unspecified atom stereocenters. The minimum Gasteiger partial charge on any atom is -0.351 e. The van der Waals surface area contributed by atoms with Crippen LogP contribution in [-0.2, 0) is 0 Å². The number of benzene rings is 3. The maximum Gasteiger partial charge on any atom is 0.269 e. The number of aromatic nitrogens is 2. The lowest BCUT2D eigenvalue weighted by atomic mass is 9.96. The van der Waals surface area contributed by atoms with Gasteiger partial charge in [-0.05, 0) is 110 Å². The standard InChI is InChI=1S/C32H26FN5O2S2/c1-20-19-28(21(2)36(20)23-8-6-22(33)7-9-23)31-30(29-5-3-4-18-34-29)35-32(41)37(31)24-10-14-26(15-11-24)42-27-16-12-25(13-17-27)38(39)40/h3-19,30-31H,1-2H3,(H,35,41)/t30-,31+/m0/s1. The molecule has 5 aromatic rings. The number of halogens is 1. The second kappa shape index (κ2) is 11.4. The molecule has 2 aromatic heterocycles. The number of thiocarbonyl (C=S) groups is 1. The molecule has 42 heavy (non-hydrogen) atoms. The van der Waals surface area contributed by atoms with Gasteiger partial charge in [-0.25, -0.2) is 4.39 Å². The number of non-ortho nitro benzene ring substituents is 1. The van der Waals surface area contributed by atoms with Crippen LogP contribution in [0.5, 0.6) is 0 Å². The Kier molecular flexibility index (Phi) is 7.49. The molecule has 6 rings (SSSR count). The number of rotatable bonds is 7. The number of hydrogen-bond acceptors (Lipinski definition) is 5. The van der Waals surface area contributed by atoms with Gasteiger partial charge in [-0.3, -0.25) is 15.1 Å². The van der Waals surface area contributed by atoms with E-state index in [2.05, 4.69) is 32.8 Å². The normalized spacial score (nSPS) is 16.5. The number of pyridine rings is 1. The second-order valence-electron chi connectivity index (χ2n) is 9.98. The molecule has 0 aliphatic carbocycles. The van der Waals surface area contributed by atoms with E-state index in [1.165, 1.54) is 36.0 Å². The molecule has 0 bridgehead atoms. The molecule has 3 heterocycles. The van der Waals surface area contributed by atoms with Crippen molar-refractivity contribution in [3.05, 3.63) is 142 Å². The van der Waals surface area contributed by atoms with Crippen LogP contribution < -0.4 is 10.2 Å². The largest absolute Gasteiger partial charge is 0.351 e. The van der Waals surface area contributed by atoms with E-state index >= 15 is 0 Å². The Hall–Kier alpha value is -4.54. The summed E-state index contributed by atoms with van der Waals surface area (Å²) in [5.41, 5.74) is 5.91. The number of nitrogens with one attached hydrogen (secondary N) is 1. The number of aryl methyl sites for hydroxylation is 1. The van der Waals surface area contributed by atoms with Crippen LogP contribution in [0.4, 0.5) is 15.8 Å². The third-order valence-corrected chi connectivity index (χ3v) is 8.70. The van der Waals surface area contributed by atoms with Gasteiger partial charge in [0, 0.05) is 50.9 Å². The number of nitro groups is 1. The lowest BCUT2D eigenvalue weighted by Crippen LogP contribution is -2.29. The third-order valence-electron chi connectivity index (χ3n) is 7.37. The van der Waals surface area contributed by atoms with Crippen molar-refractivity contribution in [3.63, 3.8) is 0 Å². The van der Waals surface area contributed by atoms with Gasteiger partial charge in [0.25, 0.3) is 5.69 Å². The van der Waals surface area contributed by atoms with E-state index in [0.717, 1.165) is 43.8 Å². The summed E-state index contributed by atoms with van der Waals surface area (Å²) >= 11 is 7.45. The zero-order valence-corrected chi connectivity index (χ0v) is 24.4. The van der Waals surface area contributed by atoms with Crippen molar-refractivity contribution in [2.45, 2.75) is 35.7 Å². The zero-order valence-electron chi connectivity index (χ0n) is 22.8. The minimum absolute atomic E-state index is 0.0667. The molecule has 0 radical (unpaired) electrons. The maximum absolute atomic E-state index is 13.7. The van der Waals surface area contributed by atoms with Gasteiger partial charge in [-0.1, -0.05) is 17.8 Å². The quantitative estimate of drug-likeness (QED) is 0.117. The summed E-state index contributed by atoms with van der Waals surface area (Å²) < 4.78 is 15.8. The lowest BCUT2D eigenvalue weighted by Gasteiger charge is -2.28. The van der Waals surface area contributed by atoms with Crippen LogP contribution in [-0.4, -0.2) is 19.6 Å². The third kappa shape index (κ3) is 5.26. The fraction of sp³-hybridized carbons (Fsp3) is 0.125. The Morgan fingerprint density at radius 3 is 2.19 bits per heavy atom. The van der Waals surface area contributed by atoms with Crippen LogP contribution in [0.25, 0.3) is 5.69 Å². The molecule has 0 amide bonds. The van der Waals surface area contributed by atoms with Gasteiger partial charge in [0.1, 0.15) is 5.82 Å². The molecule has 2 atom stereocenters. The van der Waals surface area contributed by atoms with Crippen LogP contribution >= 0.6 is 24.0 Å². The molecule has 0 saturated carbocycles. The average Bonchev–Trinajstić information content (AvgIpc) is 3.49. The number of nitro benzene ring substituents is 1. The van der Waals surface area contributed by atoms with E-state index in [1.807, 2.05) is 49.4 Å². The Morgan fingerprint density at radius 1 is 0.929 bits per heavy atom. The van der Waals surface area contributed by atoms with Crippen molar-refractivity contribution in [3.8, 4) is 5.69 Å². The van der Waals surface area contributed by atoms with Gasteiger partial charge in [-0.15, -0.1) is 0 Å². The van der Waals surface area contributed by atoms with Crippen LogP contribution in [0.2, 0.25) is 0 Å². The van der Waals surface area contributed by atoms with Gasteiger partial charge in [0.05, 0.1) is 22.7 Å². The zero-order chi connectivity index (χ0) is 29.4. The first-order valence-electron chi connectivity index (χ1n) is 13.3. The van der Waals surface area contributed by atoms with Crippen LogP contribution in [0.15, 0.2) is 113 Å². The van der Waals surface area contributed by atoms with E-state index in [1.54, 1.807) is 30.5 Å². The Balaban J connectivity index is 1.37. The van der Waals surface area contributed by atoms with Crippen molar-refractivity contribution in [1.29, 1.82) is 0 Å². The van der Waals surface area contributed by atoms with Crippen molar-refractivity contribution < 1.29 is 9.31 Å². The molecule has 0 spiro atoms. The van der Waals surface area contributed by atoms with Gasteiger partial charge < -0.3 is 14.8 Å². The highest BCUT2D eigenvalue weighted by Crippen LogP contribution is 2.44. The van der Waals surface area contributed by atoms with Gasteiger partial charge >= 0.3 is 0 Å². The molecule has 1 saturated heterocycles. The maximum atomic E-state index is 13.7. The van der Waals surface area contributed by atoms with E-state index in [-0.39, 0.29) is 23.6 Å². The van der Waals surface area contributed by atoms with Crippen LogP contribution in [0, 0.1) is 29.8 Å². The second-order valence-corrected chi connectivity index (χ2v) is 11.5. The van der Waals surface area contributed by atoms with Gasteiger partial charge in [0.15, 0.2) is 5.11 Å². The molecular weight excluding hydrogens is 570 g/mol. The smallest absolute Gasteiger partial charge is 0.269 e. The topological polar surface area (TPSA) is 76.2 Å². The summed E-state index contributed by atoms with van der Waals surface area (Å²) in [6.45, 7) is 4.12. The summed E-state index contributed by atoms with van der Waals surface area (Å²) in [6, 6.07) is 28.8. The molecule has 7 nitrogen and oxygen atoms in total. The Labute approximate surface area is 252 Å². The van der Waals surface area contributed by atoms with Crippen LogP contribution in [0.3, 0.4) is 0 Å². The molecule has 1 aliphatic heterocycles. The molecular formula is C32H26FN5O2S2. The predicted molar refractivity (Wildman–Crippen MR) is 167 cm³/mol. The average molecular weight is 596 g/mol. The van der Waals surface area contributed by atoms with E-state index in [9.17, 15) is 14.5 Å². The molecule has 1 aliphatic rings. The number of hydrogen-bond donors (Lipinski definition) is 1. The fourth-order valence-corrected chi connectivity index (χ4v) is 6.63. The van der Waals surface area contributed by atoms with Gasteiger partial charge in [-0.2, -0.15) is 0 Å². The predicted octanol–water partition coefficient (Wildman–Crippen LogP) is 7.86. The van der Waals surface area contributed by atoms with E-state index in [0.29, 0.717) is 5.11 Å². The SMILES string of the molecule is Cc1cc([C@@H]2[C@H](c3ccccn3)NC(=S)N2c2ccc(Sc3ccc([N+](=O)[O-])cc3)cc2)c(C)n1-c1ccc(F)cc1. The highest BCUT2D eigenvalue weighted by Gasteiger charge is 2.42. The summed E-state index contributed by atoms with van der Waals surface area (Å²) in [7, 11) is 0. The first kappa shape index (κ1) is 27.6. The molecule has 1 fully saturated rings. The van der Waals surface area contributed by atoms with E-state index < -0.39 is 4.92 Å².